The van der Waals surface area contributed by atoms with Gasteiger partial charge in [-0.15, -0.1) is 0 Å². The number of aliphatic carboxylic acids is 1. The molecule has 1 aromatic carbocycles. The van der Waals surface area contributed by atoms with Crippen LogP contribution in [0.25, 0.3) is 0 Å². The van der Waals surface area contributed by atoms with E-state index in [2.05, 4.69) is 4.90 Å². The molecule has 1 aliphatic rings. The Hall–Kier alpha value is -1.55. The molecule has 0 amide bonds. The first-order chi connectivity index (χ1) is 8.09. The second-order valence-electron chi connectivity index (χ2n) is 4.55. The molecule has 4 nitrogen and oxygen atoms in total. The number of benzene rings is 1. The molecule has 17 heavy (non-hydrogen) atoms. The molecule has 1 saturated heterocycles. The molecular formula is C13H18N2O2. The van der Waals surface area contributed by atoms with Gasteiger partial charge < -0.3 is 15.7 Å². The largest absolute Gasteiger partial charge is 0.480 e. The van der Waals surface area contributed by atoms with Crippen LogP contribution in [0.1, 0.15) is 30.0 Å². The molecule has 0 aromatic heterocycles. The molecule has 1 atom stereocenters. The Labute approximate surface area is 101 Å². The van der Waals surface area contributed by atoms with Crippen molar-refractivity contribution >= 4 is 11.7 Å². The maximum atomic E-state index is 10.9. The van der Waals surface area contributed by atoms with Gasteiger partial charge in [0.15, 0.2) is 0 Å². The Morgan fingerprint density at radius 1 is 1.41 bits per heavy atom. The van der Waals surface area contributed by atoms with Crippen LogP contribution >= 0.6 is 0 Å². The fourth-order valence-electron chi connectivity index (χ4n) is 2.31. The van der Waals surface area contributed by atoms with Crippen molar-refractivity contribution in [2.24, 2.45) is 5.73 Å². The zero-order valence-corrected chi connectivity index (χ0v) is 10.0. The molecule has 0 spiro atoms. The summed E-state index contributed by atoms with van der Waals surface area (Å²) in [7, 11) is 0. The van der Waals surface area contributed by atoms with Crippen molar-refractivity contribution in [3.8, 4) is 0 Å². The lowest BCUT2D eigenvalue weighted by Crippen LogP contribution is -2.22. The van der Waals surface area contributed by atoms with Crippen molar-refractivity contribution in [2.75, 3.05) is 18.0 Å². The Bertz CT molecular complexity index is 425. The van der Waals surface area contributed by atoms with Crippen molar-refractivity contribution in [1.82, 2.24) is 0 Å². The van der Waals surface area contributed by atoms with Gasteiger partial charge in [0.05, 0.1) is 0 Å². The molecular weight excluding hydrogens is 216 g/mol. The normalized spacial score (nSPS) is 17.2. The highest BCUT2D eigenvalue weighted by Crippen LogP contribution is 2.25. The van der Waals surface area contributed by atoms with E-state index in [4.69, 9.17) is 10.8 Å². The van der Waals surface area contributed by atoms with Crippen molar-refractivity contribution < 1.29 is 9.90 Å². The molecule has 0 radical (unpaired) electrons. The molecule has 1 aromatic rings. The van der Waals surface area contributed by atoms with Gasteiger partial charge in [-0.05, 0) is 43.0 Å². The average molecular weight is 234 g/mol. The highest BCUT2D eigenvalue weighted by atomic mass is 16.4. The van der Waals surface area contributed by atoms with Gasteiger partial charge in [0.2, 0.25) is 0 Å². The summed E-state index contributed by atoms with van der Waals surface area (Å²) >= 11 is 0. The third-order valence-electron chi connectivity index (χ3n) is 3.33. The van der Waals surface area contributed by atoms with Crippen LogP contribution in [-0.2, 0) is 4.79 Å². The topological polar surface area (TPSA) is 66.6 Å². The summed E-state index contributed by atoms with van der Waals surface area (Å²) in [6, 6.07) is 4.91. The molecule has 0 bridgehead atoms. The summed E-state index contributed by atoms with van der Waals surface area (Å²) in [6.45, 7) is 4.09. The van der Waals surface area contributed by atoms with E-state index in [1.807, 2.05) is 25.1 Å². The molecule has 1 aliphatic heterocycles. The minimum Gasteiger partial charge on any atom is -0.480 e. The number of anilines is 1. The van der Waals surface area contributed by atoms with Gasteiger partial charge in [-0.2, -0.15) is 0 Å². The minimum absolute atomic E-state index is 0.695. The van der Waals surface area contributed by atoms with Crippen LogP contribution < -0.4 is 10.6 Å². The zero-order chi connectivity index (χ0) is 12.4. The van der Waals surface area contributed by atoms with Crippen molar-refractivity contribution in [1.29, 1.82) is 0 Å². The van der Waals surface area contributed by atoms with E-state index >= 15 is 0 Å². The van der Waals surface area contributed by atoms with Gasteiger partial charge in [-0.3, -0.25) is 4.79 Å². The van der Waals surface area contributed by atoms with Crippen molar-refractivity contribution in [2.45, 2.75) is 25.8 Å². The van der Waals surface area contributed by atoms with E-state index in [1.54, 1.807) is 0 Å². The van der Waals surface area contributed by atoms with E-state index in [-0.39, 0.29) is 0 Å². The van der Waals surface area contributed by atoms with E-state index < -0.39 is 12.0 Å². The first kappa shape index (κ1) is 11.9. The molecule has 92 valence electrons. The Morgan fingerprint density at radius 2 is 2.06 bits per heavy atom. The van der Waals surface area contributed by atoms with Gasteiger partial charge in [-0.1, -0.05) is 6.07 Å². The third kappa shape index (κ3) is 2.42. The second kappa shape index (κ2) is 4.75. The lowest BCUT2D eigenvalue weighted by atomic mass is 10.0. The highest BCUT2D eigenvalue weighted by Gasteiger charge is 2.18. The van der Waals surface area contributed by atoms with Crippen LogP contribution in [0, 0.1) is 6.92 Å². The Kier molecular flexibility index (Phi) is 3.33. The van der Waals surface area contributed by atoms with Gasteiger partial charge >= 0.3 is 5.97 Å². The second-order valence-corrected chi connectivity index (χ2v) is 4.55. The van der Waals surface area contributed by atoms with E-state index in [0.29, 0.717) is 5.56 Å². The standard InChI is InChI=1S/C13H18N2O2/c1-9-8-10(15-6-2-3-7-15)4-5-11(9)12(14)13(16)17/h4-5,8,12H,2-3,6-7,14H2,1H3,(H,16,17)/t12-/m0/s1. The Balaban J connectivity index is 2.24. The number of rotatable bonds is 3. The molecule has 3 N–H and O–H groups in total. The first-order valence-electron chi connectivity index (χ1n) is 5.93. The summed E-state index contributed by atoms with van der Waals surface area (Å²) < 4.78 is 0. The van der Waals surface area contributed by atoms with E-state index in [0.717, 1.165) is 18.7 Å². The van der Waals surface area contributed by atoms with Crippen LogP contribution in [0.4, 0.5) is 5.69 Å². The fraction of sp³-hybridized carbons (Fsp3) is 0.462. The minimum atomic E-state index is -0.984. The number of nitrogens with zero attached hydrogens (tertiary/aromatic N) is 1. The molecule has 4 heteroatoms. The summed E-state index contributed by atoms with van der Waals surface area (Å²) in [6.07, 6.45) is 2.46. The number of carboxylic acid groups (broad SMARTS) is 1. The smallest absolute Gasteiger partial charge is 0.325 e. The van der Waals surface area contributed by atoms with Gasteiger partial charge in [-0.25, -0.2) is 0 Å². The molecule has 1 heterocycles. The zero-order valence-electron chi connectivity index (χ0n) is 10.0. The quantitative estimate of drug-likeness (QED) is 0.835. The fourth-order valence-corrected chi connectivity index (χ4v) is 2.31. The third-order valence-corrected chi connectivity index (χ3v) is 3.33. The number of carboxylic acids is 1. The molecule has 2 rings (SSSR count). The van der Waals surface area contributed by atoms with E-state index in [9.17, 15) is 4.79 Å². The number of hydrogen-bond acceptors (Lipinski definition) is 3. The highest BCUT2D eigenvalue weighted by molar-refractivity contribution is 5.76. The number of hydrogen-bond donors (Lipinski definition) is 2. The summed E-state index contributed by atoms with van der Waals surface area (Å²) in [5, 5.41) is 8.91. The monoisotopic (exact) mass is 234 g/mol. The van der Waals surface area contributed by atoms with Crippen molar-refractivity contribution in [3.63, 3.8) is 0 Å². The molecule has 1 fully saturated rings. The lowest BCUT2D eigenvalue weighted by molar-refractivity contribution is -0.138. The lowest BCUT2D eigenvalue weighted by Gasteiger charge is -2.20. The molecule has 0 saturated carbocycles. The van der Waals surface area contributed by atoms with Crippen molar-refractivity contribution in [3.05, 3.63) is 29.3 Å². The van der Waals surface area contributed by atoms with Gasteiger partial charge in [0.1, 0.15) is 6.04 Å². The van der Waals surface area contributed by atoms with Crippen LogP contribution in [0.15, 0.2) is 18.2 Å². The SMILES string of the molecule is Cc1cc(N2CCCC2)ccc1[C@H](N)C(=O)O. The summed E-state index contributed by atoms with van der Waals surface area (Å²) in [4.78, 5) is 13.2. The predicted octanol–water partition coefficient (Wildman–Crippen LogP) is 1.68. The van der Waals surface area contributed by atoms with E-state index in [1.165, 1.54) is 18.5 Å². The number of aryl methyl sites for hydroxylation is 1. The predicted molar refractivity (Wildman–Crippen MR) is 67.2 cm³/mol. The maximum absolute atomic E-state index is 10.9. The summed E-state index contributed by atoms with van der Waals surface area (Å²) in [5.41, 5.74) is 8.44. The molecule has 0 unspecified atom stereocenters. The Morgan fingerprint density at radius 3 is 2.59 bits per heavy atom. The van der Waals surface area contributed by atoms with Crippen LogP contribution in [0.3, 0.4) is 0 Å². The number of nitrogens with two attached hydrogens (primary N) is 1. The average Bonchev–Trinajstić information content (AvgIpc) is 2.81. The number of carbonyl (C=O) groups is 1. The first-order valence-corrected chi connectivity index (χ1v) is 5.93. The van der Waals surface area contributed by atoms with Crippen LogP contribution in [0.5, 0.6) is 0 Å². The van der Waals surface area contributed by atoms with Gasteiger partial charge in [0.25, 0.3) is 0 Å². The van der Waals surface area contributed by atoms with Crippen LogP contribution in [-0.4, -0.2) is 24.2 Å². The molecule has 0 aliphatic carbocycles. The maximum Gasteiger partial charge on any atom is 0.325 e. The van der Waals surface area contributed by atoms with Crippen LogP contribution in [0.2, 0.25) is 0 Å². The van der Waals surface area contributed by atoms with Gasteiger partial charge in [0, 0.05) is 18.8 Å². The summed E-state index contributed by atoms with van der Waals surface area (Å²) in [5.74, 6) is -0.984.